The molecule has 0 aliphatic rings. The number of hydrogen-bond donors (Lipinski definition) is 2. The summed E-state index contributed by atoms with van der Waals surface area (Å²) in [5, 5.41) is 9.13. The van der Waals surface area contributed by atoms with Crippen molar-refractivity contribution in [1.29, 1.82) is 0 Å². The first-order chi connectivity index (χ1) is 6.72. The SMILES string of the molecule is CC(O)(CCn1cnc(N)c1)C(F)(F)F. The Hall–Kier alpha value is -1.24. The highest BCUT2D eigenvalue weighted by Gasteiger charge is 2.49. The minimum Gasteiger partial charge on any atom is -0.382 e. The molecule has 0 aliphatic heterocycles. The number of hydrogen-bond acceptors (Lipinski definition) is 3. The fourth-order valence-electron chi connectivity index (χ4n) is 0.988. The normalized spacial score (nSPS) is 16.3. The van der Waals surface area contributed by atoms with Gasteiger partial charge >= 0.3 is 6.18 Å². The molecular formula is C8H12F3N3O. The maximum atomic E-state index is 12.2. The lowest BCUT2D eigenvalue weighted by atomic mass is 10.0. The van der Waals surface area contributed by atoms with Gasteiger partial charge in [0.25, 0.3) is 0 Å². The van der Waals surface area contributed by atoms with Gasteiger partial charge in [0.15, 0.2) is 5.60 Å². The van der Waals surface area contributed by atoms with Crippen LogP contribution in [-0.4, -0.2) is 26.4 Å². The molecule has 0 fully saturated rings. The van der Waals surface area contributed by atoms with E-state index in [1.54, 1.807) is 0 Å². The average molecular weight is 223 g/mol. The number of aliphatic hydroxyl groups is 1. The standard InChI is InChI=1S/C8H12F3N3O/c1-7(15,8(9,10)11)2-3-14-4-6(12)13-5-14/h4-5,15H,2-3,12H2,1H3. The molecule has 1 rings (SSSR count). The van der Waals surface area contributed by atoms with Crippen LogP contribution in [0.5, 0.6) is 0 Å². The molecule has 0 spiro atoms. The lowest BCUT2D eigenvalue weighted by Gasteiger charge is -2.26. The van der Waals surface area contributed by atoms with E-state index in [-0.39, 0.29) is 12.4 Å². The molecule has 1 aromatic heterocycles. The van der Waals surface area contributed by atoms with E-state index < -0.39 is 18.2 Å². The number of alkyl halides is 3. The van der Waals surface area contributed by atoms with Crippen LogP contribution in [0.15, 0.2) is 12.5 Å². The minimum absolute atomic E-state index is 0.0106. The van der Waals surface area contributed by atoms with Crippen molar-refractivity contribution in [1.82, 2.24) is 9.55 Å². The summed E-state index contributed by atoms with van der Waals surface area (Å²) in [6.45, 7) is 0.754. The second-order valence-corrected chi connectivity index (χ2v) is 3.56. The van der Waals surface area contributed by atoms with Gasteiger partial charge in [-0.05, 0) is 6.92 Å². The predicted octanol–water partition coefficient (Wildman–Crippen LogP) is 1.17. The summed E-state index contributed by atoms with van der Waals surface area (Å²) in [4.78, 5) is 3.66. The summed E-state index contributed by atoms with van der Waals surface area (Å²) in [7, 11) is 0. The van der Waals surface area contributed by atoms with Gasteiger partial charge in [-0.1, -0.05) is 0 Å². The number of nitrogens with zero attached hydrogens (tertiary/aromatic N) is 2. The zero-order chi connectivity index (χ0) is 11.7. The molecule has 1 atom stereocenters. The van der Waals surface area contributed by atoms with E-state index >= 15 is 0 Å². The Balaban J connectivity index is 2.57. The van der Waals surface area contributed by atoms with Gasteiger partial charge in [-0.3, -0.25) is 0 Å². The fraction of sp³-hybridized carbons (Fsp3) is 0.625. The van der Waals surface area contributed by atoms with Gasteiger partial charge in [-0.25, -0.2) is 4.98 Å². The van der Waals surface area contributed by atoms with Gasteiger partial charge in [-0.2, -0.15) is 13.2 Å². The average Bonchev–Trinajstić information content (AvgIpc) is 2.46. The largest absolute Gasteiger partial charge is 0.416 e. The molecule has 15 heavy (non-hydrogen) atoms. The molecule has 0 amide bonds. The van der Waals surface area contributed by atoms with Gasteiger partial charge in [0.05, 0.1) is 6.33 Å². The number of imidazole rings is 1. The molecule has 1 unspecified atom stereocenters. The Morgan fingerprint density at radius 1 is 1.53 bits per heavy atom. The lowest BCUT2D eigenvalue weighted by Crippen LogP contribution is -2.42. The molecule has 1 heterocycles. The third-order valence-corrected chi connectivity index (χ3v) is 2.12. The van der Waals surface area contributed by atoms with Crippen molar-refractivity contribution in [3.05, 3.63) is 12.5 Å². The van der Waals surface area contributed by atoms with Crippen molar-refractivity contribution in [2.45, 2.75) is 31.7 Å². The lowest BCUT2D eigenvalue weighted by molar-refractivity contribution is -0.255. The monoisotopic (exact) mass is 223 g/mol. The molecule has 0 saturated carbocycles. The zero-order valence-corrected chi connectivity index (χ0v) is 8.12. The molecule has 1 aromatic rings. The maximum absolute atomic E-state index is 12.2. The first kappa shape index (κ1) is 11.8. The van der Waals surface area contributed by atoms with E-state index in [9.17, 15) is 13.2 Å². The molecule has 3 N–H and O–H groups in total. The Morgan fingerprint density at radius 2 is 2.13 bits per heavy atom. The number of aryl methyl sites for hydroxylation is 1. The quantitative estimate of drug-likeness (QED) is 0.808. The van der Waals surface area contributed by atoms with E-state index in [2.05, 4.69) is 4.98 Å². The van der Waals surface area contributed by atoms with Gasteiger partial charge in [-0.15, -0.1) is 0 Å². The molecule has 0 radical (unpaired) electrons. The second kappa shape index (κ2) is 3.73. The molecule has 0 aromatic carbocycles. The number of nitrogens with two attached hydrogens (primary N) is 1. The van der Waals surface area contributed by atoms with Crippen molar-refractivity contribution in [3.63, 3.8) is 0 Å². The van der Waals surface area contributed by atoms with Crippen LogP contribution in [0.3, 0.4) is 0 Å². The van der Waals surface area contributed by atoms with Crippen LogP contribution in [0.2, 0.25) is 0 Å². The third kappa shape index (κ3) is 2.85. The number of nitrogen functional groups attached to an aromatic ring is 1. The van der Waals surface area contributed by atoms with Crippen LogP contribution in [0.4, 0.5) is 19.0 Å². The number of halogens is 3. The van der Waals surface area contributed by atoms with Crippen LogP contribution in [0.25, 0.3) is 0 Å². The summed E-state index contributed by atoms with van der Waals surface area (Å²) in [5.74, 6) is 0.238. The van der Waals surface area contributed by atoms with Crippen LogP contribution >= 0.6 is 0 Å². The van der Waals surface area contributed by atoms with Crippen molar-refractivity contribution in [3.8, 4) is 0 Å². The molecule has 4 nitrogen and oxygen atoms in total. The van der Waals surface area contributed by atoms with Gasteiger partial charge in [0, 0.05) is 19.2 Å². The number of anilines is 1. The van der Waals surface area contributed by atoms with Crippen LogP contribution < -0.4 is 5.73 Å². The van der Waals surface area contributed by atoms with E-state index in [1.807, 2.05) is 0 Å². The van der Waals surface area contributed by atoms with E-state index in [4.69, 9.17) is 10.8 Å². The fourth-order valence-corrected chi connectivity index (χ4v) is 0.988. The highest BCUT2D eigenvalue weighted by molar-refractivity contribution is 5.22. The first-order valence-corrected chi connectivity index (χ1v) is 4.29. The van der Waals surface area contributed by atoms with Crippen molar-refractivity contribution in [2.24, 2.45) is 0 Å². The first-order valence-electron chi connectivity index (χ1n) is 4.29. The number of aromatic nitrogens is 2. The van der Waals surface area contributed by atoms with Crippen LogP contribution in [-0.2, 0) is 6.54 Å². The highest BCUT2D eigenvalue weighted by atomic mass is 19.4. The van der Waals surface area contributed by atoms with Crippen molar-refractivity contribution in [2.75, 3.05) is 5.73 Å². The third-order valence-electron chi connectivity index (χ3n) is 2.12. The zero-order valence-electron chi connectivity index (χ0n) is 8.12. The summed E-state index contributed by atoms with van der Waals surface area (Å²) in [6.07, 6.45) is -2.33. The van der Waals surface area contributed by atoms with Gasteiger partial charge < -0.3 is 15.4 Å². The molecule has 0 saturated heterocycles. The van der Waals surface area contributed by atoms with Crippen molar-refractivity contribution >= 4 is 5.82 Å². The topological polar surface area (TPSA) is 64.1 Å². The Bertz CT molecular complexity index is 332. The van der Waals surface area contributed by atoms with Crippen molar-refractivity contribution < 1.29 is 18.3 Å². The summed E-state index contributed by atoms with van der Waals surface area (Å²) in [5.41, 5.74) is 2.60. The maximum Gasteiger partial charge on any atom is 0.416 e. The van der Waals surface area contributed by atoms with E-state index in [0.717, 1.165) is 6.92 Å². The molecule has 0 bridgehead atoms. The Labute approximate surface area is 84.5 Å². The molecular weight excluding hydrogens is 211 g/mol. The molecule has 7 heteroatoms. The summed E-state index contributed by atoms with van der Waals surface area (Å²) >= 11 is 0. The second-order valence-electron chi connectivity index (χ2n) is 3.56. The highest BCUT2D eigenvalue weighted by Crippen LogP contribution is 2.32. The van der Waals surface area contributed by atoms with E-state index in [1.165, 1.54) is 17.1 Å². The molecule has 0 aliphatic carbocycles. The Morgan fingerprint density at radius 3 is 2.53 bits per heavy atom. The smallest absolute Gasteiger partial charge is 0.382 e. The van der Waals surface area contributed by atoms with Gasteiger partial charge in [0.1, 0.15) is 5.82 Å². The Kier molecular flexibility index (Phi) is 2.94. The predicted molar refractivity (Wildman–Crippen MR) is 47.9 cm³/mol. The molecule has 86 valence electrons. The van der Waals surface area contributed by atoms with Gasteiger partial charge in [0.2, 0.25) is 0 Å². The summed E-state index contributed by atoms with van der Waals surface area (Å²) in [6, 6.07) is 0. The van der Waals surface area contributed by atoms with Crippen LogP contribution in [0.1, 0.15) is 13.3 Å². The minimum atomic E-state index is -4.63. The summed E-state index contributed by atoms with van der Waals surface area (Å²) < 4.78 is 38.1. The van der Waals surface area contributed by atoms with E-state index in [0.29, 0.717) is 0 Å². The number of rotatable bonds is 3. The van der Waals surface area contributed by atoms with Crippen LogP contribution in [0, 0.1) is 0 Å².